The number of hydrogen-bond acceptors (Lipinski definition) is 4. The van der Waals surface area contributed by atoms with Crippen LogP contribution in [0.2, 0.25) is 0 Å². The highest BCUT2D eigenvalue weighted by molar-refractivity contribution is 6.07. The summed E-state index contributed by atoms with van der Waals surface area (Å²) in [5, 5.41) is 13.0. The largest absolute Gasteiger partial charge is 0.348 e. The molecule has 3 heterocycles. The van der Waals surface area contributed by atoms with Crippen LogP contribution in [0.5, 0.6) is 0 Å². The van der Waals surface area contributed by atoms with Crippen molar-refractivity contribution in [2.45, 2.75) is 44.2 Å². The van der Waals surface area contributed by atoms with E-state index in [-0.39, 0.29) is 41.4 Å². The predicted molar refractivity (Wildman–Crippen MR) is 136 cm³/mol. The van der Waals surface area contributed by atoms with Crippen LogP contribution in [0, 0.1) is 28.9 Å². The number of fused-ring (bicyclic) bond motifs is 3. The van der Waals surface area contributed by atoms with Gasteiger partial charge in [0.2, 0.25) is 11.8 Å². The quantitative estimate of drug-likeness (QED) is 0.532. The number of halogens is 2. The van der Waals surface area contributed by atoms with Gasteiger partial charge in [-0.1, -0.05) is 32.0 Å². The molecular weight excluding hydrogens is 492 g/mol. The zero-order valence-corrected chi connectivity index (χ0v) is 21.2. The first-order valence-corrected chi connectivity index (χ1v) is 12.4. The number of nitriles is 1. The Morgan fingerprint density at radius 1 is 1.24 bits per heavy atom. The zero-order valence-electron chi connectivity index (χ0n) is 21.2. The van der Waals surface area contributed by atoms with E-state index in [1.165, 1.54) is 22.9 Å². The lowest BCUT2D eigenvalue weighted by molar-refractivity contribution is -0.136. The molecule has 1 spiro atoms. The Morgan fingerprint density at radius 3 is 2.68 bits per heavy atom. The molecule has 0 saturated carbocycles. The van der Waals surface area contributed by atoms with E-state index in [1.54, 1.807) is 12.1 Å². The van der Waals surface area contributed by atoms with Crippen LogP contribution >= 0.6 is 0 Å². The number of likely N-dealkylation sites (N-methyl/N-ethyl adjacent to an activating group) is 1. The SMILES string of the molecule is CC(C)C[C@@H](C(=O)N1C[C@]2(C[C@H]1C#N)C(=O)Nc1ccccc12)N(C)C(=O)c1cc2cc(F)cc(F)c2[nH]1. The summed E-state index contributed by atoms with van der Waals surface area (Å²) in [4.78, 5) is 45.9. The number of nitrogens with one attached hydrogen (secondary N) is 2. The van der Waals surface area contributed by atoms with Gasteiger partial charge in [-0.25, -0.2) is 8.78 Å². The molecule has 2 aromatic carbocycles. The molecule has 2 N–H and O–H groups in total. The number of benzene rings is 2. The molecule has 1 saturated heterocycles. The van der Waals surface area contributed by atoms with E-state index in [4.69, 9.17) is 0 Å². The lowest BCUT2D eigenvalue weighted by Gasteiger charge is -2.33. The second kappa shape index (κ2) is 9.24. The molecule has 196 valence electrons. The van der Waals surface area contributed by atoms with Crippen molar-refractivity contribution in [2.75, 3.05) is 18.9 Å². The van der Waals surface area contributed by atoms with Crippen LogP contribution in [0.1, 0.15) is 42.7 Å². The third-order valence-electron chi connectivity index (χ3n) is 7.56. The van der Waals surface area contributed by atoms with Gasteiger partial charge in [-0.3, -0.25) is 14.4 Å². The fourth-order valence-electron chi connectivity index (χ4n) is 5.66. The number of H-pyrrole nitrogens is 1. The van der Waals surface area contributed by atoms with Crippen molar-refractivity contribution in [1.82, 2.24) is 14.8 Å². The first kappa shape index (κ1) is 25.4. The molecule has 5 rings (SSSR count). The number of aromatic nitrogens is 1. The molecule has 2 aliphatic heterocycles. The van der Waals surface area contributed by atoms with Crippen LogP contribution in [0.3, 0.4) is 0 Å². The molecule has 3 amide bonds. The van der Waals surface area contributed by atoms with Crippen LogP contribution in [-0.4, -0.2) is 58.2 Å². The summed E-state index contributed by atoms with van der Waals surface area (Å²) in [6.45, 7) is 3.83. The smallest absolute Gasteiger partial charge is 0.270 e. The standard InChI is InChI=1S/C28H27F2N5O3/c1-15(2)8-23(34(3)25(36)22-10-16-9-17(29)11-20(30)24(16)32-22)26(37)35-14-28(12-18(35)13-31)19-6-4-5-7-21(19)33-27(28)38/h4-7,9-11,15,18,23,32H,8,12,14H2,1-3H3,(H,33,38)/t18-,23-,28-/m0/s1. The minimum absolute atomic E-state index is 0.00683. The first-order valence-electron chi connectivity index (χ1n) is 12.4. The average molecular weight is 520 g/mol. The number of anilines is 1. The molecule has 0 radical (unpaired) electrons. The number of nitrogens with zero attached hydrogens (tertiary/aromatic N) is 3. The first-order chi connectivity index (χ1) is 18.1. The predicted octanol–water partition coefficient (Wildman–Crippen LogP) is 3.95. The number of rotatable bonds is 5. The highest BCUT2D eigenvalue weighted by Gasteiger charge is 2.56. The average Bonchev–Trinajstić information content (AvgIpc) is 3.56. The Bertz CT molecular complexity index is 1510. The maximum Gasteiger partial charge on any atom is 0.270 e. The molecule has 3 aromatic rings. The number of amides is 3. The van der Waals surface area contributed by atoms with Gasteiger partial charge in [0.15, 0.2) is 0 Å². The van der Waals surface area contributed by atoms with E-state index in [0.29, 0.717) is 12.1 Å². The molecule has 1 fully saturated rings. The van der Waals surface area contributed by atoms with Gasteiger partial charge < -0.3 is 20.1 Å². The summed E-state index contributed by atoms with van der Waals surface area (Å²) < 4.78 is 27.9. The molecule has 38 heavy (non-hydrogen) atoms. The van der Waals surface area contributed by atoms with Gasteiger partial charge in [0, 0.05) is 37.2 Å². The molecule has 0 bridgehead atoms. The molecule has 1 aromatic heterocycles. The van der Waals surface area contributed by atoms with Gasteiger partial charge in [-0.2, -0.15) is 5.26 Å². The fourth-order valence-corrected chi connectivity index (χ4v) is 5.66. The Hall–Kier alpha value is -4.26. The number of carbonyl (C=O) groups excluding carboxylic acids is 3. The van der Waals surface area contributed by atoms with Crippen molar-refractivity contribution in [2.24, 2.45) is 5.92 Å². The summed E-state index contributed by atoms with van der Waals surface area (Å²) >= 11 is 0. The Kier molecular flexibility index (Phi) is 6.18. The van der Waals surface area contributed by atoms with Gasteiger partial charge in [0.05, 0.1) is 17.0 Å². The summed E-state index contributed by atoms with van der Waals surface area (Å²) in [5.74, 6) is -2.86. The molecule has 8 nitrogen and oxygen atoms in total. The van der Waals surface area contributed by atoms with Crippen LogP contribution < -0.4 is 5.32 Å². The Labute approximate surface area is 218 Å². The van der Waals surface area contributed by atoms with Crippen molar-refractivity contribution < 1.29 is 23.2 Å². The maximum atomic E-state index is 14.2. The topological polar surface area (TPSA) is 109 Å². The van der Waals surface area contributed by atoms with E-state index < -0.39 is 40.9 Å². The summed E-state index contributed by atoms with van der Waals surface area (Å²) in [5.41, 5.74) is 0.366. The molecular formula is C28H27F2N5O3. The third-order valence-corrected chi connectivity index (χ3v) is 7.56. The Balaban J connectivity index is 1.46. The second-order valence-corrected chi connectivity index (χ2v) is 10.5. The maximum absolute atomic E-state index is 14.2. The lowest BCUT2D eigenvalue weighted by atomic mass is 9.80. The third kappa shape index (κ3) is 3.99. The fraction of sp³-hybridized carbons (Fsp3) is 0.357. The number of likely N-dealkylation sites (tertiary alicyclic amines) is 1. The highest BCUT2D eigenvalue weighted by Crippen LogP contribution is 2.46. The van der Waals surface area contributed by atoms with Crippen LogP contribution in [0.25, 0.3) is 10.9 Å². The summed E-state index contributed by atoms with van der Waals surface area (Å²) in [6.07, 6.45) is 0.450. The van der Waals surface area contributed by atoms with Crippen molar-refractivity contribution in [1.29, 1.82) is 5.26 Å². The van der Waals surface area contributed by atoms with E-state index in [1.807, 2.05) is 26.0 Å². The monoisotopic (exact) mass is 519 g/mol. The van der Waals surface area contributed by atoms with Crippen molar-refractivity contribution in [3.8, 4) is 6.07 Å². The molecule has 0 unspecified atom stereocenters. The lowest BCUT2D eigenvalue weighted by Crippen LogP contribution is -2.52. The van der Waals surface area contributed by atoms with Crippen LogP contribution in [0.4, 0.5) is 14.5 Å². The van der Waals surface area contributed by atoms with E-state index in [2.05, 4.69) is 16.4 Å². The van der Waals surface area contributed by atoms with Crippen molar-refractivity contribution in [3.63, 3.8) is 0 Å². The minimum atomic E-state index is -1.05. The van der Waals surface area contributed by atoms with E-state index in [9.17, 15) is 28.4 Å². The number of aromatic amines is 1. The molecule has 2 aliphatic rings. The normalized spacial score (nSPS) is 21.0. The van der Waals surface area contributed by atoms with Gasteiger partial charge in [0.25, 0.3) is 5.91 Å². The highest BCUT2D eigenvalue weighted by atomic mass is 19.1. The van der Waals surface area contributed by atoms with E-state index in [0.717, 1.165) is 17.7 Å². The van der Waals surface area contributed by atoms with E-state index >= 15 is 0 Å². The minimum Gasteiger partial charge on any atom is -0.348 e. The van der Waals surface area contributed by atoms with Gasteiger partial charge >= 0.3 is 0 Å². The van der Waals surface area contributed by atoms with Gasteiger partial charge in [-0.05, 0) is 36.1 Å². The number of para-hydroxylation sites is 1. The van der Waals surface area contributed by atoms with Gasteiger partial charge in [-0.15, -0.1) is 0 Å². The van der Waals surface area contributed by atoms with Crippen LogP contribution in [-0.2, 0) is 15.0 Å². The van der Waals surface area contributed by atoms with Crippen molar-refractivity contribution in [3.05, 3.63) is 65.4 Å². The Morgan fingerprint density at radius 2 is 1.97 bits per heavy atom. The summed E-state index contributed by atoms with van der Waals surface area (Å²) in [7, 11) is 1.47. The number of hydrogen-bond donors (Lipinski definition) is 2. The summed E-state index contributed by atoms with van der Waals surface area (Å²) in [6, 6.07) is 10.8. The van der Waals surface area contributed by atoms with Crippen LogP contribution in [0.15, 0.2) is 42.5 Å². The second-order valence-electron chi connectivity index (χ2n) is 10.5. The van der Waals surface area contributed by atoms with Gasteiger partial charge in [0.1, 0.15) is 29.4 Å². The zero-order chi connectivity index (χ0) is 27.4. The molecule has 0 aliphatic carbocycles. The molecule has 3 atom stereocenters. The molecule has 10 heteroatoms. The van der Waals surface area contributed by atoms with Crippen molar-refractivity contribution >= 4 is 34.3 Å². The number of carbonyl (C=O) groups is 3.